The average molecular weight is 507 g/mol. The highest BCUT2D eigenvalue weighted by Gasteiger charge is 2.37. The number of nitrogens with one attached hydrogen (secondary N) is 3. The van der Waals surface area contributed by atoms with Crippen LogP contribution in [0.5, 0.6) is 0 Å². The second-order valence-electron chi connectivity index (χ2n) is 8.01. The molecule has 0 aromatic heterocycles. The van der Waals surface area contributed by atoms with Crippen LogP contribution in [-0.4, -0.2) is 43.7 Å². The van der Waals surface area contributed by atoms with Crippen molar-refractivity contribution in [1.29, 1.82) is 0 Å². The van der Waals surface area contributed by atoms with Gasteiger partial charge in [-0.1, -0.05) is 0 Å². The Morgan fingerprint density at radius 3 is 1.82 bits per heavy atom. The number of carbonyl (C=O) groups excluding carboxylic acids is 2. The standard InChI is InChI=1S/C20H22F9N3O2/c21-18(22,23)10-31-16(33)9-30-8-11-1-3-15(4-2-11)32-17(34)12-5-13(19(24,25)26)7-14(6-12)20(27,28)29/h5-7,11,15,30H,1-4,8-10H2,(H,31,33)(H,32,34)/t11-,15-. The molecule has 1 fully saturated rings. The van der Waals surface area contributed by atoms with E-state index in [1.54, 1.807) is 5.32 Å². The number of hydrogen-bond donors (Lipinski definition) is 3. The SMILES string of the molecule is O=C(CNC[C@H]1CC[C@H](NC(=O)c2cc(C(F)(F)F)cc(C(F)(F)F)c2)CC1)NCC(F)(F)F. The number of amides is 2. The number of hydrogen-bond acceptors (Lipinski definition) is 3. The van der Waals surface area contributed by atoms with Crippen molar-refractivity contribution in [3.63, 3.8) is 0 Å². The molecule has 14 heteroatoms. The van der Waals surface area contributed by atoms with Crippen molar-refractivity contribution in [1.82, 2.24) is 16.0 Å². The van der Waals surface area contributed by atoms with E-state index in [1.165, 1.54) is 0 Å². The fraction of sp³-hybridized carbons (Fsp3) is 0.600. The van der Waals surface area contributed by atoms with Crippen LogP contribution in [0.1, 0.15) is 47.2 Å². The van der Waals surface area contributed by atoms with E-state index >= 15 is 0 Å². The molecule has 0 spiro atoms. The summed E-state index contributed by atoms with van der Waals surface area (Å²) >= 11 is 0. The van der Waals surface area contributed by atoms with E-state index in [2.05, 4.69) is 10.6 Å². The van der Waals surface area contributed by atoms with Crippen LogP contribution in [0.2, 0.25) is 0 Å². The molecule has 0 unspecified atom stereocenters. The Balaban J connectivity index is 1.85. The van der Waals surface area contributed by atoms with Crippen LogP contribution in [0.25, 0.3) is 0 Å². The Bertz CT molecular complexity index is 826. The molecule has 1 aliphatic rings. The van der Waals surface area contributed by atoms with Crippen LogP contribution in [0.15, 0.2) is 18.2 Å². The Morgan fingerprint density at radius 1 is 0.824 bits per heavy atom. The maximum absolute atomic E-state index is 13.0. The fourth-order valence-corrected chi connectivity index (χ4v) is 3.52. The molecule has 0 saturated heterocycles. The number of carbonyl (C=O) groups is 2. The van der Waals surface area contributed by atoms with Gasteiger partial charge in [0.05, 0.1) is 17.7 Å². The molecule has 2 rings (SSSR count). The van der Waals surface area contributed by atoms with Gasteiger partial charge in [-0.3, -0.25) is 9.59 Å². The van der Waals surface area contributed by atoms with Crippen molar-refractivity contribution >= 4 is 11.8 Å². The predicted octanol–water partition coefficient (Wildman–Crippen LogP) is 4.28. The second-order valence-corrected chi connectivity index (χ2v) is 8.01. The first-order valence-electron chi connectivity index (χ1n) is 10.2. The van der Waals surface area contributed by atoms with Gasteiger partial charge in [0, 0.05) is 11.6 Å². The molecule has 2 amide bonds. The van der Waals surface area contributed by atoms with Crippen LogP contribution in [-0.2, 0) is 17.1 Å². The zero-order valence-electron chi connectivity index (χ0n) is 17.6. The topological polar surface area (TPSA) is 70.2 Å². The highest BCUT2D eigenvalue weighted by Crippen LogP contribution is 2.36. The van der Waals surface area contributed by atoms with Crippen molar-refractivity contribution in [2.45, 2.75) is 50.3 Å². The fourth-order valence-electron chi connectivity index (χ4n) is 3.52. The minimum atomic E-state index is -5.06. The Kier molecular flexibility index (Phi) is 8.83. The highest BCUT2D eigenvalue weighted by atomic mass is 19.4. The van der Waals surface area contributed by atoms with Gasteiger partial charge in [0.15, 0.2) is 0 Å². The van der Waals surface area contributed by atoms with Crippen molar-refractivity contribution in [3.8, 4) is 0 Å². The lowest BCUT2D eigenvalue weighted by Crippen LogP contribution is -2.42. The van der Waals surface area contributed by atoms with E-state index in [0.717, 1.165) is 0 Å². The van der Waals surface area contributed by atoms with Gasteiger partial charge in [-0.2, -0.15) is 39.5 Å². The van der Waals surface area contributed by atoms with Gasteiger partial charge in [0.25, 0.3) is 5.91 Å². The smallest absolute Gasteiger partial charge is 0.349 e. The van der Waals surface area contributed by atoms with Gasteiger partial charge in [0.2, 0.25) is 5.91 Å². The first kappa shape index (κ1) is 27.7. The summed E-state index contributed by atoms with van der Waals surface area (Å²) in [5, 5.41) is 6.90. The molecule has 0 bridgehead atoms. The molecule has 5 nitrogen and oxygen atoms in total. The molecule has 1 aromatic rings. The second kappa shape index (κ2) is 10.8. The summed E-state index contributed by atoms with van der Waals surface area (Å²) in [6.45, 7) is -1.43. The quantitative estimate of drug-likeness (QED) is 0.483. The third kappa shape index (κ3) is 9.03. The van der Waals surface area contributed by atoms with E-state index in [-0.39, 0.29) is 18.5 Å². The van der Waals surface area contributed by atoms with Gasteiger partial charge in [-0.05, 0) is 56.3 Å². The molecule has 0 radical (unpaired) electrons. The Morgan fingerprint density at radius 2 is 1.35 bits per heavy atom. The van der Waals surface area contributed by atoms with Crippen LogP contribution >= 0.6 is 0 Å². The number of benzene rings is 1. The van der Waals surface area contributed by atoms with E-state index < -0.39 is 59.6 Å². The minimum Gasteiger partial charge on any atom is -0.349 e. The van der Waals surface area contributed by atoms with Gasteiger partial charge >= 0.3 is 18.5 Å². The zero-order valence-corrected chi connectivity index (χ0v) is 17.6. The summed E-state index contributed by atoms with van der Waals surface area (Å²) in [5.41, 5.74) is -3.92. The maximum Gasteiger partial charge on any atom is 0.416 e. The molecular formula is C20H22F9N3O2. The highest BCUT2D eigenvalue weighted by molar-refractivity contribution is 5.94. The molecule has 0 atom stereocenters. The monoisotopic (exact) mass is 507 g/mol. The lowest BCUT2D eigenvalue weighted by Gasteiger charge is -2.29. The molecule has 34 heavy (non-hydrogen) atoms. The normalized spacial score (nSPS) is 19.6. The average Bonchev–Trinajstić information content (AvgIpc) is 2.71. The summed E-state index contributed by atoms with van der Waals surface area (Å²) < 4.78 is 114. The van der Waals surface area contributed by atoms with Crippen molar-refractivity contribution < 1.29 is 49.1 Å². The van der Waals surface area contributed by atoms with E-state index in [9.17, 15) is 49.1 Å². The molecule has 0 heterocycles. The molecule has 192 valence electrons. The lowest BCUT2D eigenvalue weighted by molar-refractivity contribution is -0.143. The summed E-state index contributed by atoms with van der Waals surface area (Å²) in [7, 11) is 0. The molecule has 1 saturated carbocycles. The zero-order chi connectivity index (χ0) is 25.7. The van der Waals surface area contributed by atoms with Crippen molar-refractivity contribution in [3.05, 3.63) is 34.9 Å². The number of halogens is 9. The molecule has 1 aromatic carbocycles. The first-order chi connectivity index (χ1) is 15.5. The number of alkyl halides is 9. The third-order valence-corrected chi connectivity index (χ3v) is 5.24. The third-order valence-electron chi connectivity index (χ3n) is 5.24. The van der Waals surface area contributed by atoms with Gasteiger partial charge in [-0.15, -0.1) is 0 Å². The van der Waals surface area contributed by atoms with Crippen LogP contribution in [0.3, 0.4) is 0 Å². The lowest BCUT2D eigenvalue weighted by atomic mass is 9.86. The first-order valence-corrected chi connectivity index (χ1v) is 10.2. The minimum absolute atomic E-state index is 0.0361. The molecule has 1 aliphatic carbocycles. The van der Waals surface area contributed by atoms with Gasteiger partial charge in [0.1, 0.15) is 6.54 Å². The predicted molar refractivity (Wildman–Crippen MR) is 102 cm³/mol. The van der Waals surface area contributed by atoms with E-state index in [0.29, 0.717) is 44.4 Å². The van der Waals surface area contributed by atoms with E-state index in [1.807, 2.05) is 0 Å². The molecule has 0 aliphatic heterocycles. The largest absolute Gasteiger partial charge is 0.416 e. The van der Waals surface area contributed by atoms with Gasteiger partial charge < -0.3 is 16.0 Å². The van der Waals surface area contributed by atoms with Gasteiger partial charge in [-0.25, -0.2) is 0 Å². The van der Waals surface area contributed by atoms with Crippen molar-refractivity contribution in [2.24, 2.45) is 5.92 Å². The maximum atomic E-state index is 13.0. The Labute approximate surface area is 188 Å². The summed E-state index contributed by atoms with van der Waals surface area (Å²) in [5.74, 6) is -1.84. The van der Waals surface area contributed by atoms with Crippen LogP contribution < -0.4 is 16.0 Å². The summed E-state index contributed by atoms with van der Waals surface area (Å²) in [6.07, 6.45) is -12.8. The molecule has 3 N–H and O–H groups in total. The summed E-state index contributed by atoms with van der Waals surface area (Å²) in [4.78, 5) is 23.7. The molecular weight excluding hydrogens is 485 g/mol. The van der Waals surface area contributed by atoms with Crippen LogP contribution in [0, 0.1) is 5.92 Å². The Hall–Kier alpha value is -2.51. The van der Waals surface area contributed by atoms with Crippen molar-refractivity contribution in [2.75, 3.05) is 19.6 Å². The van der Waals surface area contributed by atoms with E-state index in [4.69, 9.17) is 0 Å². The number of rotatable bonds is 7. The summed E-state index contributed by atoms with van der Waals surface area (Å²) in [6, 6.07) is 0.203. The van der Waals surface area contributed by atoms with Crippen LogP contribution in [0.4, 0.5) is 39.5 Å².